The van der Waals surface area contributed by atoms with Gasteiger partial charge in [-0.25, -0.2) is 9.59 Å². The molecule has 2 aromatic rings. The van der Waals surface area contributed by atoms with Crippen molar-refractivity contribution in [3.8, 4) is 11.1 Å². The summed E-state index contributed by atoms with van der Waals surface area (Å²) in [6, 6.07) is 14.9. The number of alkyl carbamates (subject to hydrolysis) is 1. The molecule has 2 N–H and O–H groups in total. The van der Waals surface area contributed by atoms with Gasteiger partial charge in [-0.05, 0) is 29.2 Å². The van der Waals surface area contributed by atoms with Gasteiger partial charge in [-0.1, -0.05) is 48.5 Å². The van der Waals surface area contributed by atoms with E-state index in [1.165, 1.54) is 8.05 Å². The van der Waals surface area contributed by atoms with Crippen molar-refractivity contribution in [3.63, 3.8) is 0 Å². The van der Waals surface area contributed by atoms with Crippen LogP contribution in [0.5, 0.6) is 0 Å². The first kappa shape index (κ1) is 18.0. The molecule has 2 atom stereocenters. The van der Waals surface area contributed by atoms with Gasteiger partial charge in [-0.15, -0.1) is 0 Å². The lowest BCUT2D eigenvalue weighted by atomic mass is 9.98. The van der Waals surface area contributed by atoms with Crippen molar-refractivity contribution in [2.24, 2.45) is 0 Å². The number of hydrogen-bond donors (Lipinski definition) is 2. The molecular weight excluding hydrogens is 333 g/mol. The van der Waals surface area contributed by atoms with E-state index < -0.39 is 24.2 Å². The molecule has 1 aliphatic rings. The molecule has 2 aromatic carbocycles. The standard InChI is InChI=1S/C19H20BNO5/c1-11(26-20)17(18(22)23)21-19(24)25-10-16-14-8-4-2-6-12(14)13-7-3-5-9-15(13)16/h2-9,11,16-17H,10,20H2,1H3,(H,21,24)(H,22,23). The van der Waals surface area contributed by atoms with E-state index in [4.69, 9.17) is 9.39 Å². The number of nitrogens with one attached hydrogen (secondary N) is 1. The fourth-order valence-electron chi connectivity index (χ4n) is 3.28. The third kappa shape index (κ3) is 3.43. The number of fused-ring (bicyclic) bond motifs is 3. The van der Waals surface area contributed by atoms with Crippen molar-refractivity contribution in [2.45, 2.75) is 25.0 Å². The summed E-state index contributed by atoms with van der Waals surface area (Å²) in [6.45, 7) is 1.70. The summed E-state index contributed by atoms with van der Waals surface area (Å²) in [5.41, 5.74) is 4.46. The van der Waals surface area contributed by atoms with Crippen LogP contribution in [0.3, 0.4) is 0 Å². The second-order valence-electron chi connectivity index (χ2n) is 6.23. The van der Waals surface area contributed by atoms with E-state index in [-0.39, 0.29) is 12.5 Å². The predicted octanol–water partition coefficient (Wildman–Crippen LogP) is 1.93. The Morgan fingerprint density at radius 3 is 2.15 bits per heavy atom. The summed E-state index contributed by atoms with van der Waals surface area (Å²) >= 11 is 0. The average molecular weight is 353 g/mol. The second-order valence-corrected chi connectivity index (χ2v) is 6.23. The maximum Gasteiger partial charge on any atom is 0.407 e. The van der Waals surface area contributed by atoms with E-state index >= 15 is 0 Å². The lowest BCUT2D eigenvalue weighted by Crippen LogP contribution is -2.48. The third-order valence-corrected chi connectivity index (χ3v) is 4.72. The van der Waals surface area contributed by atoms with Crippen molar-refractivity contribution < 1.29 is 24.1 Å². The molecule has 3 rings (SSSR count). The summed E-state index contributed by atoms with van der Waals surface area (Å²) in [4.78, 5) is 23.4. The quantitative estimate of drug-likeness (QED) is 0.776. The molecule has 26 heavy (non-hydrogen) atoms. The van der Waals surface area contributed by atoms with Gasteiger partial charge in [0, 0.05) is 5.92 Å². The van der Waals surface area contributed by atoms with Crippen LogP contribution < -0.4 is 5.32 Å². The molecule has 2 unspecified atom stereocenters. The normalized spacial score (nSPS) is 14.8. The van der Waals surface area contributed by atoms with Crippen LogP contribution in [0.2, 0.25) is 0 Å². The molecule has 134 valence electrons. The number of benzene rings is 2. The molecule has 0 saturated heterocycles. The van der Waals surface area contributed by atoms with Gasteiger partial charge in [-0.3, -0.25) is 0 Å². The number of carboxylic acid groups (broad SMARTS) is 1. The Balaban J connectivity index is 1.72. The molecule has 6 nitrogen and oxygen atoms in total. The third-order valence-electron chi connectivity index (χ3n) is 4.72. The lowest BCUT2D eigenvalue weighted by Gasteiger charge is -2.21. The highest BCUT2D eigenvalue weighted by molar-refractivity contribution is 5.98. The number of carbonyl (C=O) groups excluding carboxylic acids is 1. The summed E-state index contributed by atoms with van der Waals surface area (Å²) in [6.07, 6.45) is -1.45. The highest BCUT2D eigenvalue weighted by Gasteiger charge is 2.30. The SMILES string of the molecule is BOC(C)C(NC(=O)OCC1c2ccccc2-c2ccccc21)C(=O)O. The van der Waals surface area contributed by atoms with Crippen molar-refractivity contribution in [3.05, 3.63) is 59.7 Å². The van der Waals surface area contributed by atoms with Gasteiger partial charge >= 0.3 is 12.1 Å². The van der Waals surface area contributed by atoms with E-state index in [0.717, 1.165) is 22.3 Å². The highest BCUT2D eigenvalue weighted by Crippen LogP contribution is 2.44. The first-order valence-electron chi connectivity index (χ1n) is 8.40. The van der Waals surface area contributed by atoms with Crippen LogP contribution in [0.25, 0.3) is 11.1 Å². The molecule has 0 fully saturated rings. The second kappa shape index (κ2) is 7.62. The largest absolute Gasteiger partial charge is 0.480 e. The Labute approximate surface area is 152 Å². The zero-order chi connectivity index (χ0) is 18.7. The Bertz CT molecular complexity index is 780. The molecular formula is C19H20BNO5. The van der Waals surface area contributed by atoms with Gasteiger partial charge < -0.3 is 19.8 Å². The summed E-state index contributed by atoms with van der Waals surface area (Å²) in [5.74, 6) is -1.25. The molecule has 0 radical (unpaired) electrons. The minimum absolute atomic E-state index is 0.0729. The number of carboxylic acids is 1. The predicted molar refractivity (Wildman–Crippen MR) is 98.7 cm³/mol. The Hall–Kier alpha value is -2.80. The number of hydrogen-bond acceptors (Lipinski definition) is 4. The fraction of sp³-hybridized carbons (Fsp3) is 0.263. The summed E-state index contributed by atoms with van der Waals surface area (Å²) in [5, 5.41) is 11.6. The zero-order valence-corrected chi connectivity index (χ0v) is 14.6. The van der Waals surface area contributed by atoms with Crippen molar-refractivity contribution in [1.82, 2.24) is 5.32 Å². The van der Waals surface area contributed by atoms with E-state index in [1.807, 2.05) is 36.4 Å². The van der Waals surface area contributed by atoms with Gasteiger partial charge in [0.25, 0.3) is 8.05 Å². The van der Waals surface area contributed by atoms with Gasteiger partial charge in [0.05, 0.1) is 6.10 Å². The molecule has 0 bridgehead atoms. The molecule has 0 saturated carbocycles. The Kier molecular flexibility index (Phi) is 5.28. The number of ether oxygens (including phenoxy) is 1. The fourth-order valence-corrected chi connectivity index (χ4v) is 3.28. The van der Waals surface area contributed by atoms with Crippen LogP contribution >= 0.6 is 0 Å². The van der Waals surface area contributed by atoms with E-state index in [2.05, 4.69) is 17.4 Å². The van der Waals surface area contributed by atoms with E-state index in [9.17, 15) is 14.7 Å². The van der Waals surface area contributed by atoms with E-state index in [0.29, 0.717) is 0 Å². The highest BCUT2D eigenvalue weighted by atomic mass is 16.5. The molecule has 1 amide bonds. The first-order chi connectivity index (χ1) is 12.5. The van der Waals surface area contributed by atoms with Gasteiger partial charge in [0.15, 0.2) is 6.04 Å². The minimum Gasteiger partial charge on any atom is -0.480 e. The van der Waals surface area contributed by atoms with Crippen LogP contribution in [0.1, 0.15) is 24.0 Å². The smallest absolute Gasteiger partial charge is 0.407 e. The number of carbonyl (C=O) groups is 2. The number of aliphatic carboxylic acids is 1. The van der Waals surface area contributed by atoms with Crippen molar-refractivity contribution in [1.29, 1.82) is 0 Å². The summed E-state index contributed by atoms with van der Waals surface area (Å²) in [7, 11) is 1.39. The molecule has 0 heterocycles. The van der Waals surface area contributed by atoms with Crippen LogP contribution in [0, 0.1) is 0 Å². The van der Waals surface area contributed by atoms with Gasteiger partial charge in [0.1, 0.15) is 6.61 Å². The summed E-state index contributed by atoms with van der Waals surface area (Å²) < 4.78 is 10.3. The maximum absolute atomic E-state index is 12.1. The molecule has 1 aliphatic carbocycles. The number of rotatable bonds is 6. The lowest BCUT2D eigenvalue weighted by molar-refractivity contribution is -0.141. The van der Waals surface area contributed by atoms with Crippen LogP contribution in [-0.2, 0) is 14.2 Å². The Morgan fingerprint density at radius 2 is 1.65 bits per heavy atom. The molecule has 7 heteroatoms. The van der Waals surface area contributed by atoms with Crippen LogP contribution in [0.4, 0.5) is 4.79 Å². The minimum atomic E-state index is -1.17. The number of amides is 1. The topological polar surface area (TPSA) is 84.9 Å². The van der Waals surface area contributed by atoms with E-state index in [1.54, 1.807) is 6.92 Å². The van der Waals surface area contributed by atoms with Crippen LogP contribution in [-0.4, -0.2) is 44.0 Å². The van der Waals surface area contributed by atoms with Crippen LogP contribution in [0.15, 0.2) is 48.5 Å². The Morgan fingerprint density at radius 1 is 1.12 bits per heavy atom. The first-order valence-corrected chi connectivity index (χ1v) is 8.40. The zero-order valence-electron chi connectivity index (χ0n) is 14.6. The van der Waals surface area contributed by atoms with Gasteiger partial charge in [0.2, 0.25) is 0 Å². The maximum atomic E-state index is 12.1. The van der Waals surface area contributed by atoms with Crippen molar-refractivity contribution in [2.75, 3.05) is 6.61 Å². The average Bonchev–Trinajstić information content (AvgIpc) is 2.97. The monoisotopic (exact) mass is 353 g/mol. The molecule has 0 spiro atoms. The van der Waals surface area contributed by atoms with Gasteiger partial charge in [-0.2, -0.15) is 0 Å². The van der Waals surface area contributed by atoms with Crippen molar-refractivity contribution >= 4 is 20.1 Å². The molecule has 0 aromatic heterocycles. The molecule has 0 aliphatic heterocycles.